The topological polar surface area (TPSA) is 52.2 Å². The van der Waals surface area contributed by atoms with Gasteiger partial charge in [0, 0.05) is 10.6 Å². The largest absolute Gasteiger partial charge is 0.285 e. The molecule has 0 aliphatic carbocycles. The molecule has 6 heteroatoms. The molecule has 0 atom stereocenters. The summed E-state index contributed by atoms with van der Waals surface area (Å²) in [5.41, 5.74) is 2.95. The molecule has 5 rings (SSSR count). The van der Waals surface area contributed by atoms with Gasteiger partial charge >= 0.3 is 0 Å². The summed E-state index contributed by atoms with van der Waals surface area (Å²) in [6.45, 7) is 0. The Morgan fingerprint density at radius 3 is 2.48 bits per heavy atom. The number of hydrogen-bond acceptors (Lipinski definition) is 3. The minimum Gasteiger partial charge on any atom is -0.285 e. The fourth-order valence-electron chi connectivity index (χ4n) is 3.19. The molecule has 27 heavy (non-hydrogen) atoms. The van der Waals surface area contributed by atoms with Crippen molar-refractivity contribution in [3.05, 3.63) is 95.3 Å². The van der Waals surface area contributed by atoms with Gasteiger partial charge in [0.25, 0.3) is 0 Å². The number of hydrogen-bond donors (Lipinski definition) is 0. The maximum absolute atomic E-state index is 13.2. The lowest BCUT2D eigenvalue weighted by atomic mass is 10.1. The summed E-state index contributed by atoms with van der Waals surface area (Å²) < 4.78 is 3.45. The summed E-state index contributed by atoms with van der Waals surface area (Å²) in [6.07, 6.45) is 0. The molecular weight excluding hydrogens is 360 g/mol. The normalized spacial score (nSPS) is 11.3. The van der Waals surface area contributed by atoms with E-state index in [1.54, 1.807) is 33.3 Å². The van der Waals surface area contributed by atoms with Crippen LogP contribution in [0.1, 0.15) is 16.2 Å². The van der Waals surface area contributed by atoms with E-state index in [1.165, 1.54) is 0 Å². The van der Waals surface area contributed by atoms with Gasteiger partial charge in [-0.1, -0.05) is 60.1 Å². The first-order valence-corrected chi connectivity index (χ1v) is 8.82. The van der Waals surface area contributed by atoms with E-state index >= 15 is 0 Å². The Kier molecular flexibility index (Phi) is 3.55. The van der Waals surface area contributed by atoms with Crippen LogP contribution in [0.25, 0.3) is 22.5 Å². The summed E-state index contributed by atoms with van der Waals surface area (Å²) in [6, 6.07) is 24.1. The Balaban J connectivity index is 1.84. The van der Waals surface area contributed by atoms with Crippen molar-refractivity contribution in [2.45, 2.75) is 0 Å². The number of carbonyl (C=O) groups is 1. The minimum atomic E-state index is -0.162. The van der Waals surface area contributed by atoms with Gasteiger partial charge < -0.3 is 0 Å². The lowest BCUT2D eigenvalue weighted by Gasteiger charge is -2.01. The first-order chi connectivity index (χ1) is 13.2. The number of para-hydroxylation sites is 2. The van der Waals surface area contributed by atoms with Gasteiger partial charge in [0.1, 0.15) is 0 Å². The van der Waals surface area contributed by atoms with Crippen molar-refractivity contribution in [3.8, 4) is 5.69 Å². The second-order valence-corrected chi connectivity index (χ2v) is 6.58. The molecule has 0 N–H and O–H groups in total. The highest BCUT2D eigenvalue weighted by molar-refractivity contribution is 6.30. The van der Waals surface area contributed by atoms with E-state index in [4.69, 9.17) is 11.6 Å². The van der Waals surface area contributed by atoms with Crippen LogP contribution in [0, 0.1) is 0 Å². The van der Waals surface area contributed by atoms with E-state index in [-0.39, 0.29) is 5.78 Å². The fourth-order valence-corrected chi connectivity index (χ4v) is 3.38. The maximum Gasteiger partial charge on any atom is 0.238 e. The predicted octanol–water partition coefficient (Wildman–Crippen LogP) is 4.56. The van der Waals surface area contributed by atoms with Gasteiger partial charge in [-0.2, -0.15) is 4.68 Å². The van der Waals surface area contributed by atoms with E-state index < -0.39 is 0 Å². The Labute approximate surface area is 159 Å². The Bertz CT molecular complexity index is 1300. The molecule has 3 aromatic carbocycles. The molecule has 0 saturated carbocycles. The number of nitrogens with zero attached hydrogens (tertiary/aromatic N) is 4. The van der Waals surface area contributed by atoms with Crippen molar-refractivity contribution < 1.29 is 4.79 Å². The van der Waals surface area contributed by atoms with Crippen molar-refractivity contribution in [3.63, 3.8) is 0 Å². The van der Waals surface area contributed by atoms with E-state index in [0.717, 1.165) is 16.7 Å². The van der Waals surface area contributed by atoms with E-state index in [0.29, 0.717) is 22.2 Å². The molecule has 0 unspecified atom stereocenters. The van der Waals surface area contributed by atoms with Crippen molar-refractivity contribution in [2.75, 3.05) is 0 Å². The molecule has 2 aromatic heterocycles. The summed E-state index contributed by atoms with van der Waals surface area (Å²) in [5.74, 6) is 0.715. The number of aromatic nitrogens is 4. The minimum absolute atomic E-state index is 0.162. The molecule has 0 amide bonds. The highest BCUT2D eigenvalue weighted by atomic mass is 35.5. The van der Waals surface area contributed by atoms with Crippen LogP contribution in [0.4, 0.5) is 0 Å². The molecule has 5 nitrogen and oxygen atoms in total. The van der Waals surface area contributed by atoms with Crippen LogP contribution >= 0.6 is 11.6 Å². The molecule has 0 spiro atoms. The van der Waals surface area contributed by atoms with Crippen LogP contribution in [-0.4, -0.2) is 24.9 Å². The lowest BCUT2D eigenvalue weighted by molar-refractivity contribution is 0.102. The van der Waals surface area contributed by atoms with Crippen LogP contribution in [0.3, 0.4) is 0 Å². The number of fused-ring (bicyclic) bond motifs is 3. The summed E-state index contributed by atoms with van der Waals surface area (Å²) >= 11 is 6.15. The molecule has 0 radical (unpaired) electrons. The lowest BCUT2D eigenvalue weighted by Crippen LogP contribution is -2.07. The second-order valence-electron chi connectivity index (χ2n) is 6.15. The number of imidazole rings is 1. The van der Waals surface area contributed by atoms with Gasteiger partial charge in [-0.3, -0.25) is 9.20 Å². The monoisotopic (exact) mass is 372 g/mol. The zero-order valence-corrected chi connectivity index (χ0v) is 14.8. The third kappa shape index (κ3) is 2.52. The van der Waals surface area contributed by atoms with Crippen LogP contribution in [0.2, 0.25) is 5.02 Å². The van der Waals surface area contributed by atoms with Gasteiger partial charge in [0.15, 0.2) is 0 Å². The number of rotatable bonds is 3. The van der Waals surface area contributed by atoms with E-state index in [1.807, 2.05) is 54.6 Å². The highest BCUT2D eigenvalue weighted by Gasteiger charge is 2.22. The zero-order valence-electron chi connectivity index (χ0n) is 14.1. The Morgan fingerprint density at radius 2 is 1.67 bits per heavy atom. The quantitative estimate of drug-likeness (QED) is 0.436. The van der Waals surface area contributed by atoms with Gasteiger partial charge in [0.05, 0.1) is 16.7 Å². The molecular formula is C21H13ClN4O. The molecule has 0 bridgehead atoms. The third-order valence-electron chi connectivity index (χ3n) is 4.43. The highest BCUT2D eigenvalue weighted by Crippen LogP contribution is 2.24. The molecule has 2 heterocycles. The molecule has 5 aromatic rings. The van der Waals surface area contributed by atoms with Crippen LogP contribution < -0.4 is 0 Å². The maximum atomic E-state index is 13.2. The number of benzene rings is 3. The van der Waals surface area contributed by atoms with Gasteiger partial charge in [0.2, 0.25) is 17.4 Å². The van der Waals surface area contributed by atoms with Crippen molar-refractivity contribution in [1.29, 1.82) is 0 Å². The molecule has 0 aliphatic heterocycles. The molecule has 130 valence electrons. The zero-order chi connectivity index (χ0) is 18.4. The average molecular weight is 373 g/mol. The van der Waals surface area contributed by atoms with Gasteiger partial charge in [-0.15, -0.1) is 5.10 Å². The Hall–Kier alpha value is -3.44. The first-order valence-electron chi connectivity index (χ1n) is 8.44. The van der Waals surface area contributed by atoms with Crippen LogP contribution in [0.5, 0.6) is 0 Å². The summed E-state index contributed by atoms with van der Waals surface area (Å²) in [4.78, 5) is 17.8. The number of ketones is 1. The smallest absolute Gasteiger partial charge is 0.238 e. The SMILES string of the molecule is O=C(c1ccccc1)c1nn(-c2cccc(Cl)c2)c2nc3ccccc3n12. The van der Waals surface area contributed by atoms with Crippen LogP contribution in [0.15, 0.2) is 78.9 Å². The first kappa shape index (κ1) is 15.8. The second kappa shape index (κ2) is 6.07. The van der Waals surface area contributed by atoms with E-state index in [2.05, 4.69) is 10.1 Å². The van der Waals surface area contributed by atoms with Crippen LogP contribution in [-0.2, 0) is 0 Å². The molecule has 0 saturated heterocycles. The standard InChI is InChI=1S/C21H13ClN4O/c22-15-9-6-10-16(13-15)26-21-23-17-11-4-5-12-18(17)25(21)20(24-26)19(27)14-7-2-1-3-8-14/h1-13H. The predicted molar refractivity (Wildman–Crippen MR) is 105 cm³/mol. The number of halogens is 1. The van der Waals surface area contributed by atoms with Gasteiger partial charge in [-0.25, -0.2) is 4.98 Å². The fraction of sp³-hybridized carbons (Fsp3) is 0. The third-order valence-corrected chi connectivity index (χ3v) is 4.67. The molecule has 0 fully saturated rings. The number of carbonyl (C=O) groups excluding carboxylic acids is 1. The summed E-state index contributed by atoms with van der Waals surface area (Å²) in [5, 5.41) is 5.19. The summed E-state index contributed by atoms with van der Waals surface area (Å²) in [7, 11) is 0. The molecule has 0 aliphatic rings. The van der Waals surface area contributed by atoms with Crippen molar-refractivity contribution >= 4 is 34.2 Å². The van der Waals surface area contributed by atoms with Crippen molar-refractivity contribution in [1.82, 2.24) is 19.2 Å². The van der Waals surface area contributed by atoms with Gasteiger partial charge in [-0.05, 0) is 30.3 Å². The van der Waals surface area contributed by atoms with E-state index in [9.17, 15) is 4.79 Å². The van der Waals surface area contributed by atoms with Crippen molar-refractivity contribution in [2.24, 2.45) is 0 Å². The Morgan fingerprint density at radius 1 is 0.889 bits per heavy atom. The average Bonchev–Trinajstić information content (AvgIpc) is 3.25.